The minimum atomic E-state index is 0.314. The van der Waals surface area contributed by atoms with Gasteiger partial charge in [0.2, 0.25) is 11.3 Å². The van der Waals surface area contributed by atoms with E-state index in [1.165, 1.54) is 0 Å². The maximum atomic E-state index is 5.96. The number of benzene rings is 1. The third-order valence-corrected chi connectivity index (χ3v) is 3.34. The van der Waals surface area contributed by atoms with E-state index in [2.05, 4.69) is 19.8 Å². The first kappa shape index (κ1) is 12.4. The number of morpholine rings is 1. The van der Waals surface area contributed by atoms with Gasteiger partial charge in [0.1, 0.15) is 6.67 Å². The molecule has 1 saturated heterocycles. The SMILES string of the molecule is ClC1=NCN(c2ccccc2)C(N2CCOCC2)=N1. The normalized spacial score (nSPS) is 20.1. The number of hydrogen-bond donors (Lipinski definition) is 0. The van der Waals surface area contributed by atoms with Crippen LogP contribution < -0.4 is 4.90 Å². The number of anilines is 1. The second-order valence-electron chi connectivity index (χ2n) is 4.34. The first-order valence-corrected chi connectivity index (χ1v) is 6.66. The summed E-state index contributed by atoms with van der Waals surface area (Å²) >= 11 is 5.96. The van der Waals surface area contributed by atoms with Crippen molar-refractivity contribution in [1.82, 2.24) is 4.90 Å². The van der Waals surface area contributed by atoms with Crippen molar-refractivity contribution >= 4 is 28.5 Å². The Morgan fingerprint density at radius 3 is 2.58 bits per heavy atom. The fourth-order valence-electron chi connectivity index (χ4n) is 2.18. The van der Waals surface area contributed by atoms with Gasteiger partial charge in [-0.25, -0.2) is 4.99 Å². The molecular formula is C13H15ClN4O. The van der Waals surface area contributed by atoms with Gasteiger partial charge in [-0.2, -0.15) is 4.99 Å². The van der Waals surface area contributed by atoms with Gasteiger partial charge in [-0.1, -0.05) is 18.2 Å². The van der Waals surface area contributed by atoms with E-state index in [9.17, 15) is 0 Å². The lowest BCUT2D eigenvalue weighted by atomic mass is 10.3. The van der Waals surface area contributed by atoms with Gasteiger partial charge in [-0.15, -0.1) is 0 Å². The zero-order valence-electron chi connectivity index (χ0n) is 10.5. The van der Waals surface area contributed by atoms with Gasteiger partial charge < -0.3 is 9.64 Å². The molecule has 1 aromatic carbocycles. The van der Waals surface area contributed by atoms with Crippen molar-refractivity contribution in [3.8, 4) is 0 Å². The molecule has 0 amide bonds. The van der Waals surface area contributed by atoms with Gasteiger partial charge in [0.05, 0.1) is 13.2 Å². The van der Waals surface area contributed by atoms with Crippen molar-refractivity contribution in [2.45, 2.75) is 0 Å². The largest absolute Gasteiger partial charge is 0.378 e. The molecule has 2 heterocycles. The van der Waals surface area contributed by atoms with Crippen molar-refractivity contribution in [3.05, 3.63) is 30.3 Å². The first-order valence-electron chi connectivity index (χ1n) is 6.28. The second-order valence-corrected chi connectivity index (χ2v) is 4.68. The van der Waals surface area contributed by atoms with Crippen LogP contribution in [0.25, 0.3) is 0 Å². The highest BCUT2D eigenvalue weighted by Gasteiger charge is 2.24. The molecule has 0 bridgehead atoms. The molecule has 6 heteroatoms. The van der Waals surface area contributed by atoms with Crippen molar-refractivity contribution in [1.29, 1.82) is 0 Å². The van der Waals surface area contributed by atoms with Crippen LogP contribution in [-0.4, -0.2) is 49.1 Å². The number of halogens is 1. The molecule has 0 saturated carbocycles. The van der Waals surface area contributed by atoms with Crippen LogP contribution in [0.2, 0.25) is 0 Å². The highest BCUT2D eigenvalue weighted by atomic mass is 35.5. The van der Waals surface area contributed by atoms with Crippen molar-refractivity contribution < 1.29 is 4.74 Å². The van der Waals surface area contributed by atoms with Gasteiger partial charge >= 0.3 is 0 Å². The third-order valence-electron chi connectivity index (χ3n) is 3.14. The summed E-state index contributed by atoms with van der Waals surface area (Å²) in [6.07, 6.45) is 0. The highest BCUT2D eigenvalue weighted by Crippen LogP contribution is 2.19. The second kappa shape index (κ2) is 5.59. The molecule has 1 fully saturated rings. The number of nitrogens with zero attached hydrogens (tertiary/aromatic N) is 4. The quantitative estimate of drug-likeness (QED) is 0.735. The zero-order valence-corrected chi connectivity index (χ0v) is 11.3. The summed E-state index contributed by atoms with van der Waals surface area (Å²) in [6.45, 7) is 3.59. The van der Waals surface area contributed by atoms with Crippen LogP contribution in [0.4, 0.5) is 5.69 Å². The third kappa shape index (κ3) is 2.72. The summed E-state index contributed by atoms with van der Waals surface area (Å²) in [4.78, 5) is 12.8. The molecule has 0 atom stereocenters. The van der Waals surface area contributed by atoms with Gasteiger partial charge in [0.15, 0.2) is 0 Å². The van der Waals surface area contributed by atoms with E-state index in [0.717, 1.165) is 38.0 Å². The molecule has 19 heavy (non-hydrogen) atoms. The summed E-state index contributed by atoms with van der Waals surface area (Å²) < 4.78 is 5.38. The van der Waals surface area contributed by atoms with Crippen LogP contribution in [0.5, 0.6) is 0 Å². The molecule has 0 N–H and O–H groups in total. The smallest absolute Gasteiger partial charge is 0.222 e. The van der Waals surface area contributed by atoms with E-state index >= 15 is 0 Å². The van der Waals surface area contributed by atoms with E-state index in [-0.39, 0.29) is 0 Å². The van der Waals surface area contributed by atoms with E-state index in [4.69, 9.17) is 16.3 Å². The maximum Gasteiger partial charge on any atom is 0.222 e. The van der Waals surface area contributed by atoms with E-state index < -0.39 is 0 Å². The van der Waals surface area contributed by atoms with Gasteiger partial charge in [0.25, 0.3) is 0 Å². The lowest BCUT2D eigenvalue weighted by Crippen LogP contribution is -2.51. The van der Waals surface area contributed by atoms with Gasteiger partial charge in [-0.05, 0) is 23.7 Å². The predicted octanol–water partition coefficient (Wildman–Crippen LogP) is 1.75. The maximum absolute atomic E-state index is 5.96. The van der Waals surface area contributed by atoms with E-state index in [1.807, 2.05) is 30.3 Å². The van der Waals surface area contributed by atoms with E-state index in [0.29, 0.717) is 12.0 Å². The average Bonchev–Trinajstić information content (AvgIpc) is 2.49. The molecular weight excluding hydrogens is 264 g/mol. The molecule has 0 aromatic heterocycles. The van der Waals surface area contributed by atoms with Crippen LogP contribution >= 0.6 is 11.6 Å². The fraction of sp³-hybridized carbons (Fsp3) is 0.385. The standard InChI is InChI=1S/C13H15ClN4O/c14-12-15-10-18(11-4-2-1-3-5-11)13(16-12)17-6-8-19-9-7-17/h1-5H,6-10H2. The number of para-hydroxylation sites is 1. The summed E-state index contributed by atoms with van der Waals surface area (Å²) in [7, 11) is 0. The number of rotatable bonds is 1. The molecule has 0 unspecified atom stereocenters. The Morgan fingerprint density at radius 1 is 1.11 bits per heavy atom. The fourth-order valence-corrected chi connectivity index (χ4v) is 2.31. The molecule has 1 aromatic rings. The first-order chi connectivity index (χ1) is 9.34. The zero-order chi connectivity index (χ0) is 13.1. The average molecular weight is 279 g/mol. The summed E-state index contributed by atoms with van der Waals surface area (Å²) in [5.74, 6) is 0.856. The lowest BCUT2D eigenvalue weighted by molar-refractivity contribution is 0.0673. The molecule has 2 aliphatic rings. The highest BCUT2D eigenvalue weighted by molar-refractivity contribution is 6.65. The van der Waals surface area contributed by atoms with Crippen LogP contribution in [0, 0.1) is 0 Å². The molecule has 5 nitrogen and oxygen atoms in total. The molecule has 2 aliphatic heterocycles. The van der Waals surface area contributed by atoms with Crippen LogP contribution in [0.1, 0.15) is 0 Å². The summed E-state index contributed by atoms with van der Waals surface area (Å²) in [5.41, 5.74) is 1.07. The Balaban J connectivity index is 1.89. The van der Waals surface area contributed by atoms with Crippen LogP contribution in [-0.2, 0) is 4.74 Å². The predicted molar refractivity (Wildman–Crippen MR) is 76.9 cm³/mol. The molecule has 100 valence electrons. The summed E-state index contributed by atoms with van der Waals surface area (Å²) in [5, 5.41) is 0.314. The van der Waals surface area contributed by atoms with E-state index in [1.54, 1.807) is 0 Å². The Bertz CT molecular complexity index is 497. The van der Waals surface area contributed by atoms with Gasteiger partial charge in [0, 0.05) is 18.8 Å². The Kier molecular flexibility index (Phi) is 3.66. The lowest BCUT2D eigenvalue weighted by Gasteiger charge is -2.36. The number of guanidine groups is 1. The van der Waals surface area contributed by atoms with Crippen molar-refractivity contribution in [2.24, 2.45) is 9.98 Å². The Hall–Kier alpha value is -1.59. The van der Waals surface area contributed by atoms with Crippen molar-refractivity contribution in [2.75, 3.05) is 37.9 Å². The molecule has 0 spiro atoms. The van der Waals surface area contributed by atoms with Gasteiger partial charge in [-0.3, -0.25) is 4.90 Å². The van der Waals surface area contributed by atoms with Crippen LogP contribution in [0.3, 0.4) is 0 Å². The summed E-state index contributed by atoms with van der Waals surface area (Å²) in [6, 6.07) is 10.1. The van der Waals surface area contributed by atoms with Crippen LogP contribution in [0.15, 0.2) is 40.3 Å². The number of aliphatic imine (C=N–C) groups is 2. The Morgan fingerprint density at radius 2 is 1.84 bits per heavy atom. The minimum Gasteiger partial charge on any atom is -0.378 e. The molecule has 3 rings (SSSR count). The number of ether oxygens (including phenoxy) is 1. The topological polar surface area (TPSA) is 40.4 Å². The number of amidine groups is 1. The molecule has 0 aliphatic carbocycles. The number of hydrogen-bond acceptors (Lipinski definition) is 5. The van der Waals surface area contributed by atoms with Crippen molar-refractivity contribution in [3.63, 3.8) is 0 Å². The monoisotopic (exact) mass is 278 g/mol. The molecule has 0 radical (unpaired) electrons. The Labute approximate surface area is 117 Å². The minimum absolute atomic E-state index is 0.314.